The van der Waals surface area contributed by atoms with Gasteiger partial charge in [-0.05, 0) is 18.3 Å². The molecule has 1 aliphatic carbocycles. The van der Waals surface area contributed by atoms with Crippen LogP contribution in [0.3, 0.4) is 0 Å². The van der Waals surface area contributed by atoms with Crippen LogP contribution in [0.2, 0.25) is 0 Å². The average Bonchev–Trinajstić information content (AvgIpc) is 2.31. The number of rotatable bonds is 2. The Balaban J connectivity index is 2.19. The predicted molar refractivity (Wildman–Crippen MR) is 48.9 cm³/mol. The van der Waals surface area contributed by atoms with Gasteiger partial charge < -0.3 is 10.5 Å². The first-order chi connectivity index (χ1) is 5.47. The van der Waals surface area contributed by atoms with Crippen molar-refractivity contribution in [1.29, 1.82) is 0 Å². The molecule has 0 amide bonds. The van der Waals surface area contributed by atoms with Crippen molar-refractivity contribution in [3.05, 3.63) is 0 Å². The first kappa shape index (κ1) is 8.52. The Morgan fingerprint density at radius 2 is 1.83 bits per heavy atom. The molecule has 2 N–H and O–H groups in total. The van der Waals surface area contributed by atoms with Gasteiger partial charge in [0.05, 0.1) is 13.2 Å². The summed E-state index contributed by atoms with van der Waals surface area (Å²) in [6, 6.07) is 0. The van der Waals surface area contributed by atoms with E-state index >= 15 is 0 Å². The fourth-order valence-corrected chi connectivity index (χ4v) is 2.68. The number of ether oxygens (including phenoxy) is 1. The molecule has 12 heavy (non-hydrogen) atoms. The van der Waals surface area contributed by atoms with Crippen molar-refractivity contribution in [2.24, 2.45) is 16.6 Å². The Kier molecular flexibility index (Phi) is 1.45. The van der Waals surface area contributed by atoms with E-state index < -0.39 is 0 Å². The highest BCUT2D eigenvalue weighted by Crippen LogP contribution is 2.65. The fraction of sp³-hybridized carbons (Fsp3) is 1.00. The van der Waals surface area contributed by atoms with Crippen molar-refractivity contribution in [3.8, 4) is 0 Å². The van der Waals surface area contributed by atoms with Crippen molar-refractivity contribution >= 4 is 0 Å². The Labute approximate surface area is 74.5 Å². The summed E-state index contributed by atoms with van der Waals surface area (Å²) in [7, 11) is 0. The minimum atomic E-state index is 0.0625. The smallest absolute Gasteiger partial charge is 0.0562 e. The molecule has 1 saturated heterocycles. The second-order valence-corrected chi connectivity index (χ2v) is 5.16. The highest BCUT2D eigenvalue weighted by atomic mass is 16.5. The third kappa shape index (κ3) is 0.728. The standard InChI is InChI=1S/C10H19NO/c1-4-9(6-12-7-9)10(11)5-8(10,2)3/h4-7,11H2,1-3H3. The van der Waals surface area contributed by atoms with Crippen LogP contribution in [0.25, 0.3) is 0 Å². The van der Waals surface area contributed by atoms with Crippen LogP contribution in [-0.4, -0.2) is 18.8 Å². The molecule has 2 heteroatoms. The van der Waals surface area contributed by atoms with Gasteiger partial charge in [0.25, 0.3) is 0 Å². The van der Waals surface area contributed by atoms with Crippen LogP contribution < -0.4 is 5.73 Å². The molecule has 0 aromatic rings. The maximum atomic E-state index is 6.40. The van der Waals surface area contributed by atoms with Crippen molar-refractivity contribution in [2.75, 3.05) is 13.2 Å². The lowest BCUT2D eigenvalue weighted by Gasteiger charge is -2.47. The molecule has 0 radical (unpaired) electrons. The SMILES string of the molecule is CCC1(C2(N)CC2(C)C)COC1. The van der Waals surface area contributed by atoms with E-state index in [1.165, 1.54) is 0 Å². The summed E-state index contributed by atoms with van der Waals surface area (Å²) in [4.78, 5) is 0. The summed E-state index contributed by atoms with van der Waals surface area (Å²) < 4.78 is 5.31. The zero-order valence-electron chi connectivity index (χ0n) is 8.31. The highest BCUT2D eigenvalue weighted by molar-refractivity contribution is 5.25. The molecule has 0 bridgehead atoms. The highest BCUT2D eigenvalue weighted by Gasteiger charge is 2.70. The van der Waals surface area contributed by atoms with Gasteiger partial charge >= 0.3 is 0 Å². The normalized spacial score (nSPS) is 42.0. The van der Waals surface area contributed by atoms with Gasteiger partial charge in [-0.1, -0.05) is 20.8 Å². The molecule has 2 fully saturated rings. The summed E-state index contributed by atoms with van der Waals surface area (Å²) in [5, 5.41) is 0. The molecule has 1 aliphatic heterocycles. The van der Waals surface area contributed by atoms with Crippen LogP contribution >= 0.6 is 0 Å². The van der Waals surface area contributed by atoms with Gasteiger partial charge in [-0.2, -0.15) is 0 Å². The largest absolute Gasteiger partial charge is 0.380 e. The van der Waals surface area contributed by atoms with Gasteiger partial charge in [0.2, 0.25) is 0 Å². The van der Waals surface area contributed by atoms with Crippen molar-refractivity contribution < 1.29 is 4.74 Å². The predicted octanol–water partition coefficient (Wildman–Crippen LogP) is 1.54. The molecular weight excluding hydrogens is 150 g/mol. The van der Waals surface area contributed by atoms with Gasteiger partial charge in [-0.3, -0.25) is 0 Å². The first-order valence-corrected chi connectivity index (χ1v) is 4.84. The molecule has 1 saturated carbocycles. The lowest BCUT2D eigenvalue weighted by atomic mass is 9.71. The molecule has 70 valence electrons. The molecule has 1 heterocycles. The molecule has 2 nitrogen and oxygen atoms in total. The third-order valence-electron chi connectivity index (χ3n) is 4.18. The van der Waals surface area contributed by atoms with Crippen molar-refractivity contribution in [2.45, 2.75) is 39.2 Å². The Bertz CT molecular complexity index is 202. The van der Waals surface area contributed by atoms with E-state index in [-0.39, 0.29) is 5.54 Å². The Morgan fingerprint density at radius 3 is 1.92 bits per heavy atom. The lowest BCUT2D eigenvalue weighted by Crippen LogP contribution is -2.58. The summed E-state index contributed by atoms with van der Waals surface area (Å²) >= 11 is 0. The minimum absolute atomic E-state index is 0.0625. The van der Waals surface area contributed by atoms with E-state index in [0.717, 1.165) is 26.1 Å². The van der Waals surface area contributed by atoms with Gasteiger partial charge in [0.1, 0.15) is 0 Å². The molecule has 1 unspecified atom stereocenters. The third-order valence-corrected chi connectivity index (χ3v) is 4.18. The summed E-state index contributed by atoms with van der Waals surface area (Å²) in [6.45, 7) is 8.52. The van der Waals surface area contributed by atoms with Gasteiger partial charge in [-0.25, -0.2) is 0 Å². The van der Waals surface area contributed by atoms with Crippen LogP contribution in [0.1, 0.15) is 33.6 Å². The molecule has 0 aromatic carbocycles. The van der Waals surface area contributed by atoms with E-state index in [0.29, 0.717) is 10.8 Å². The van der Waals surface area contributed by atoms with Gasteiger partial charge in [0.15, 0.2) is 0 Å². The molecule has 0 aromatic heterocycles. The Morgan fingerprint density at radius 1 is 1.33 bits per heavy atom. The minimum Gasteiger partial charge on any atom is -0.380 e. The first-order valence-electron chi connectivity index (χ1n) is 4.84. The maximum absolute atomic E-state index is 6.40. The average molecular weight is 169 g/mol. The topological polar surface area (TPSA) is 35.2 Å². The molecular formula is C10H19NO. The van der Waals surface area contributed by atoms with E-state index in [1.807, 2.05) is 0 Å². The molecule has 2 aliphatic rings. The lowest BCUT2D eigenvalue weighted by molar-refractivity contribution is -0.141. The zero-order valence-corrected chi connectivity index (χ0v) is 8.31. The number of nitrogens with two attached hydrogens (primary N) is 1. The van der Waals surface area contributed by atoms with E-state index in [4.69, 9.17) is 10.5 Å². The van der Waals surface area contributed by atoms with Crippen LogP contribution in [-0.2, 0) is 4.74 Å². The monoisotopic (exact) mass is 169 g/mol. The second-order valence-electron chi connectivity index (χ2n) is 5.16. The molecule has 2 rings (SSSR count). The number of hydrogen-bond donors (Lipinski definition) is 1. The van der Waals surface area contributed by atoms with Crippen LogP contribution in [0.15, 0.2) is 0 Å². The van der Waals surface area contributed by atoms with Crippen LogP contribution in [0, 0.1) is 10.8 Å². The van der Waals surface area contributed by atoms with Crippen molar-refractivity contribution in [3.63, 3.8) is 0 Å². The van der Waals surface area contributed by atoms with Crippen LogP contribution in [0.4, 0.5) is 0 Å². The van der Waals surface area contributed by atoms with E-state index in [9.17, 15) is 0 Å². The number of hydrogen-bond acceptors (Lipinski definition) is 2. The van der Waals surface area contributed by atoms with Gasteiger partial charge in [-0.15, -0.1) is 0 Å². The molecule has 0 spiro atoms. The van der Waals surface area contributed by atoms with E-state index in [1.54, 1.807) is 0 Å². The second kappa shape index (κ2) is 2.05. The quantitative estimate of drug-likeness (QED) is 0.680. The molecule has 1 atom stereocenters. The van der Waals surface area contributed by atoms with Gasteiger partial charge in [0, 0.05) is 11.0 Å². The van der Waals surface area contributed by atoms with E-state index in [2.05, 4.69) is 20.8 Å². The fourth-order valence-electron chi connectivity index (χ4n) is 2.68. The van der Waals surface area contributed by atoms with Crippen LogP contribution in [0.5, 0.6) is 0 Å². The summed E-state index contributed by atoms with van der Waals surface area (Å²) in [6.07, 6.45) is 2.32. The maximum Gasteiger partial charge on any atom is 0.0562 e. The summed E-state index contributed by atoms with van der Waals surface area (Å²) in [5.41, 5.74) is 7.10. The Hall–Kier alpha value is -0.0800. The zero-order chi connectivity index (χ0) is 9.04. The van der Waals surface area contributed by atoms with Crippen molar-refractivity contribution in [1.82, 2.24) is 0 Å². The summed E-state index contributed by atoms with van der Waals surface area (Å²) in [5.74, 6) is 0.